The summed E-state index contributed by atoms with van der Waals surface area (Å²) in [6.45, 7) is 0.672. The Bertz CT molecular complexity index is 679. The van der Waals surface area contributed by atoms with Gasteiger partial charge in [0.2, 0.25) is 0 Å². The van der Waals surface area contributed by atoms with Gasteiger partial charge in [-0.1, -0.05) is 25.7 Å². The third-order valence-electron chi connectivity index (χ3n) is 5.05. The first-order valence-corrected chi connectivity index (χ1v) is 9.59. The molecule has 0 aliphatic heterocycles. The van der Waals surface area contributed by atoms with Crippen molar-refractivity contribution >= 4 is 11.7 Å². The normalized spacial score (nSPS) is 15.3. The zero-order chi connectivity index (χ0) is 18.2. The number of nitrogens with zero attached hydrogens (tertiary/aromatic N) is 3. The van der Waals surface area contributed by atoms with E-state index in [0.717, 1.165) is 12.2 Å². The number of amides is 1. The Balaban J connectivity index is 1.52. The summed E-state index contributed by atoms with van der Waals surface area (Å²) >= 11 is 0. The Morgan fingerprint density at radius 1 is 1.12 bits per heavy atom. The number of carbonyl (C=O) groups excluding carboxylic acids is 1. The van der Waals surface area contributed by atoms with Crippen LogP contribution < -0.4 is 5.32 Å². The summed E-state index contributed by atoms with van der Waals surface area (Å²) in [6.07, 6.45) is 13.7. The van der Waals surface area contributed by atoms with Crippen LogP contribution in [0.5, 0.6) is 0 Å². The largest absolute Gasteiger partial charge is 0.367 e. The summed E-state index contributed by atoms with van der Waals surface area (Å²) in [7, 11) is 1.83. The van der Waals surface area contributed by atoms with Crippen LogP contribution in [0.3, 0.4) is 0 Å². The molecular formula is C21H28N4O. The minimum Gasteiger partial charge on any atom is -0.367 e. The highest BCUT2D eigenvalue weighted by Gasteiger charge is 2.14. The Morgan fingerprint density at radius 3 is 2.50 bits per heavy atom. The van der Waals surface area contributed by atoms with E-state index in [-0.39, 0.29) is 5.91 Å². The number of rotatable bonds is 6. The van der Waals surface area contributed by atoms with Gasteiger partial charge in [0.25, 0.3) is 5.91 Å². The number of likely N-dealkylation sites (N-methyl/N-ethyl adjacent to an activating group) is 1. The van der Waals surface area contributed by atoms with E-state index in [9.17, 15) is 4.79 Å². The second-order valence-corrected chi connectivity index (χ2v) is 7.10. The van der Waals surface area contributed by atoms with Crippen LogP contribution in [-0.2, 0) is 6.42 Å². The molecule has 1 aliphatic rings. The van der Waals surface area contributed by atoms with E-state index >= 15 is 0 Å². The van der Waals surface area contributed by atoms with E-state index in [4.69, 9.17) is 0 Å². The lowest BCUT2D eigenvalue weighted by atomic mass is 10.1. The standard InChI is InChI=1S/C21H28N4O/c1-25(15-12-17-10-13-22-14-11-17)21(26)18-8-9-20(23-16-18)24-19-6-4-2-3-5-7-19/h8-11,13-14,16,19H,2-7,12,15H2,1H3,(H,23,24). The fourth-order valence-corrected chi connectivity index (χ4v) is 3.41. The molecule has 2 heterocycles. The summed E-state index contributed by atoms with van der Waals surface area (Å²) in [6, 6.07) is 8.27. The van der Waals surface area contributed by atoms with Crippen molar-refractivity contribution in [1.29, 1.82) is 0 Å². The minimum absolute atomic E-state index is 0.00701. The third-order valence-corrected chi connectivity index (χ3v) is 5.05. The number of nitrogens with one attached hydrogen (secondary N) is 1. The Kier molecular flexibility index (Phi) is 6.58. The maximum absolute atomic E-state index is 12.6. The molecule has 2 aromatic heterocycles. The lowest BCUT2D eigenvalue weighted by Gasteiger charge is -2.19. The van der Waals surface area contributed by atoms with Crippen LogP contribution >= 0.6 is 0 Å². The fraction of sp³-hybridized carbons (Fsp3) is 0.476. The molecule has 0 aromatic carbocycles. The maximum Gasteiger partial charge on any atom is 0.255 e. The first kappa shape index (κ1) is 18.4. The predicted molar refractivity (Wildman–Crippen MR) is 104 cm³/mol. The van der Waals surface area contributed by atoms with Gasteiger partial charge in [-0.2, -0.15) is 0 Å². The van der Waals surface area contributed by atoms with E-state index in [0.29, 0.717) is 18.2 Å². The highest BCUT2D eigenvalue weighted by Crippen LogP contribution is 2.20. The van der Waals surface area contributed by atoms with E-state index < -0.39 is 0 Å². The molecule has 0 spiro atoms. The molecule has 1 fully saturated rings. The van der Waals surface area contributed by atoms with Crippen molar-refractivity contribution in [3.63, 3.8) is 0 Å². The molecule has 1 amide bonds. The lowest BCUT2D eigenvalue weighted by molar-refractivity contribution is 0.0796. The Morgan fingerprint density at radius 2 is 1.85 bits per heavy atom. The van der Waals surface area contributed by atoms with Crippen molar-refractivity contribution in [2.75, 3.05) is 18.9 Å². The van der Waals surface area contributed by atoms with E-state index in [1.54, 1.807) is 23.5 Å². The summed E-state index contributed by atoms with van der Waals surface area (Å²) < 4.78 is 0. The summed E-state index contributed by atoms with van der Waals surface area (Å²) in [5, 5.41) is 3.52. The van der Waals surface area contributed by atoms with Crippen LogP contribution in [0.15, 0.2) is 42.9 Å². The van der Waals surface area contributed by atoms with Crippen LogP contribution in [0.1, 0.15) is 54.4 Å². The second-order valence-electron chi connectivity index (χ2n) is 7.10. The molecule has 1 aliphatic carbocycles. The fourth-order valence-electron chi connectivity index (χ4n) is 3.41. The van der Waals surface area contributed by atoms with Gasteiger partial charge in [0.1, 0.15) is 5.82 Å². The first-order valence-electron chi connectivity index (χ1n) is 9.59. The molecule has 1 N–H and O–H groups in total. The molecule has 138 valence electrons. The van der Waals surface area contributed by atoms with Crippen molar-refractivity contribution < 1.29 is 4.79 Å². The van der Waals surface area contributed by atoms with Crippen LogP contribution in [0.2, 0.25) is 0 Å². The lowest BCUT2D eigenvalue weighted by Crippen LogP contribution is -2.29. The second kappa shape index (κ2) is 9.32. The first-order chi connectivity index (χ1) is 12.7. The van der Waals surface area contributed by atoms with E-state index in [1.807, 2.05) is 31.3 Å². The van der Waals surface area contributed by atoms with Crippen LogP contribution in [0, 0.1) is 0 Å². The SMILES string of the molecule is CN(CCc1ccncc1)C(=O)c1ccc(NC2CCCCCC2)nc1. The van der Waals surface area contributed by atoms with Crippen LogP contribution in [0.25, 0.3) is 0 Å². The number of hydrogen-bond donors (Lipinski definition) is 1. The zero-order valence-electron chi connectivity index (χ0n) is 15.5. The minimum atomic E-state index is 0.00701. The number of anilines is 1. The quantitative estimate of drug-likeness (QED) is 0.801. The molecule has 3 rings (SSSR count). The molecule has 1 saturated carbocycles. The van der Waals surface area contributed by atoms with Gasteiger partial charge in [0, 0.05) is 38.2 Å². The maximum atomic E-state index is 12.6. The molecule has 2 aromatic rings. The number of carbonyl (C=O) groups is 1. The van der Waals surface area contributed by atoms with Gasteiger partial charge in [-0.05, 0) is 49.1 Å². The van der Waals surface area contributed by atoms with Gasteiger partial charge in [-0.25, -0.2) is 4.98 Å². The van der Waals surface area contributed by atoms with E-state index in [2.05, 4.69) is 15.3 Å². The summed E-state index contributed by atoms with van der Waals surface area (Å²) in [5.41, 5.74) is 1.81. The highest BCUT2D eigenvalue weighted by atomic mass is 16.2. The molecule has 5 heteroatoms. The Hall–Kier alpha value is -2.43. The molecule has 26 heavy (non-hydrogen) atoms. The third kappa shape index (κ3) is 5.28. The average molecular weight is 352 g/mol. The molecular weight excluding hydrogens is 324 g/mol. The van der Waals surface area contributed by atoms with Crippen molar-refractivity contribution in [3.8, 4) is 0 Å². The smallest absolute Gasteiger partial charge is 0.255 e. The molecule has 0 saturated heterocycles. The molecule has 5 nitrogen and oxygen atoms in total. The number of hydrogen-bond acceptors (Lipinski definition) is 4. The highest BCUT2D eigenvalue weighted by molar-refractivity contribution is 5.93. The summed E-state index contributed by atoms with van der Waals surface area (Å²) in [5.74, 6) is 0.875. The molecule has 0 bridgehead atoms. The van der Waals surface area contributed by atoms with Gasteiger partial charge in [-0.3, -0.25) is 9.78 Å². The van der Waals surface area contributed by atoms with Crippen LogP contribution in [-0.4, -0.2) is 40.4 Å². The van der Waals surface area contributed by atoms with Gasteiger partial charge in [-0.15, -0.1) is 0 Å². The molecule has 0 unspecified atom stereocenters. The van der Waals surface area contributed by atoms with E-state index in [1.165, 1.54) is 44.1 Å². The molecule has 0 radical (unpaired) electrons. The predicted octanol–water partition coefficient (Wildman–Crippen LogP) is 3.93. The monoisotopic (exact) mass is 352 g/mol. The average Bonchev–Trinajstić information content (AvgIpc) is 2.95. The number of aromatic nitrogens is 2. The van der Waals surface area contributed by atoms with Gasteiger partial charge in [0.05, 0.1) is 5.56 Å². The number of pyridine rings is 2. The summed E-state index contributed by atoms with van der Waals surface area (Å²) in [4.78, 5) is 22.8. The van der Waals surface area contributed by atoms with Gasteiger partial charge >= 0.3 is 0 Å². The van der Waals surface area contributed by atoms with Crippen molar-refractivity contribution in [1.82, 2.24) is 14.9 Å². The van der Waals surface area contributed by atoms with Gasteiger partial charge < -0.3 is 10.2 Å². The van der Waals surface area contributed by atoms with Crippen LogP contribution in [0.4, 0.5) is 5.82 Å². The zero-order valence-corrected chi connectivity index (χ0v) is 15.5. The topological polar surface area (TPSA) is 58.1 Å². The van der Waals surface area contributed by atoms with Crippen molar-refractivity contribution in [2.45, 2.75) is 51.0 Å². The van der Waals surface area contributed by atoms with Gasteiger partial charge in [0.15, 0.2) is 0 Å². The molecule has 0 atom stereocenters. The van der Waals surface area contributed by atoms with Crippen molar-refractivity contribution in [3.05, 3.63) is 54.0 Å². The van der Waals surface area contributed by atoms with Crippen molar-refractivity contribution in [2.24, 2.45) is 0 Å². The Labute approximate surface area is 155 Å².